The minimum atomic E-state index is -0.380. The van der Waals surface area contributed by atoms with Crippen molar-refractivity contribution >= 4 is 32.6 Å². The highest BCUT2D eigenvalue weighted by Crippen LogP contribution is 2.58. The third kappa shape index (κ3) is 2.53. The minimum absolute atomic E-state index is 0.380. The van der Waals surface area contributed by atoms with Gasteiger partial charge >= 0.3 is 0 Å². The summed E-state index contributed by atoms with van der Waals surface area (Å²) in [6.07, 6.45) is 0. The Kier molecular flexibility index (Phi) is 4.14. The standard InChI is InChI=1S/C36H25N/c1-37-31-22-20-24-12-8-9-17-27(24)34(31)35-32(37)23-21-30-33(35)28-18-10-11-19-29(28)36(30,25-13-4-2-5-14-25)26-15-6-3-7-16-26/h2-23H,1H3. The van der Waals surface area contributed by atoms with Gasteiger partial charge in [-0.25, -0.2) is 0 Å². The number of rotatable bonds is 2. The van der Waals surface area contributed by atoms with Crippen LogP contribution in [0.1, 0.15) is 22.3 Å². The molecule has 6 aromatic carbocycles. The molecule has 0 saturated heterocycles. The lowest BCUT2D eigenvalue weighted by molar-refractivity contribution is 0.769. The van der Waals surface area contributed by atoms with Crippen LogP contribution in [-0.4, -0.2) is 4.57 Å². The van der Waals surface area contributed by atoms with Crippen molar-refractivity contribution in [2.24, 2.45) is 7.05 Å². The maximum Gasteiger partial charge on any atom is 0.0713 e. The van der Waals surface area contributed by atoms with Crippen LogP contribution >= 0.6 is 0 Å². The molecular formula is C36H25N. The summed E-state index contributed by atoms with van der Waals surface area (Å²) in [4.78, 5) is 0. The van der Waals surface area contributed by atoms with Crippen LogP contribution < -0.4 is 0 Å². The van der Waals surface area contributed by atoms with E-state index in [0.717, 1.165) is 0 Å². The lowest BCUT2D eigenvalue weighted by Crippen LogP contribution is -2.28. The average molecular weight is 472 g/mol. The molecule has 0 amide bonds. The second-order valence-corrected chi connectivity index (χ2v) is 10.1. The first-order valence-electron chi connectivity index (χ1n) is 12.9. The molecule has 7 aromatic rings. The number of hydrogen-bond acceptors (Lipinski definition) is 0. The molecule has 1 heterocycles. The zero-order valence-electron chi connectivity index (χ0n) is 20.6. The molecule has 37 heavy (non-hydrogen) atoms. The van der Waals surface area contributed by atoms with Crippen LogP contribution in [0.25, 0.3) is 43.7 Å². The molecule has 0 saturated carbocycles. The van der Waals surface area contributed by atoms with Crippen molar-refractivity contribution in [3.05, 3.63) is 156 Å². The predicted octanol–water partition coefficient (Wildman–Crippen LogP) is 8.85. The minimum Gasteiger partial charge on any atom is -0.344 e. The van der Waals surface area contributed by atoms with Crippen LogP contribution in [0.5, 0.6) is 0 Å². The van der Waals surface area contributed by atoms with E-state index in [0.29, 0.717) is 0 Å². The van der Waals surface area contributed by atoms with Crippen LogP contribution in [0.3, 0.4) is 0 Å². The molecule has 0 fully saturated rings. The van der Waals surface area contributed by atoms with Gasteiger partial charge in [-0.1, -0.05) is 121 Å². The first kappa shape index (κ1) is 20.6. The van der Waals surface area contributed by atoms with E-state index < -0.39 is 0 Å². The molecule has 0 radical (unpaired) electrons. The second-order valence-electron chi connectivity index (χ2n) is 10.1. The third-order valence-corrected chi connectivity index (χ3v) is 8.48. The van der Waals surface area contributed by atoms with Crippen LogP contribution in [0.2, 0.25) is 0 Å². The van der Waals surface area contributed by atoms with E-state index in [1.54, 1.807) is 0 Å². The van der Waals surface area contributed by atoms with Crippen LogP contribution in [0.15, 0.2) is 133 Å². The average Bonchev–Trinajstić information content (AvgIpc) is 3.44. The van der Waals surface area contributed by atoms with Crippen molar-refractivity contribution < 1.29 is 0 Å². The van der Waals surface area contributed by atoms with Gasteiger partial charge in [0.1, 0.15) is 0 Å². The number of aromatic nitrogens is 1. The number of fused-ring (bicyclic) bond motifs is 9. The summed E-state index contributed by atoms with van der Waals surface area (Å²) in [6.45, 7) is 0. The Morgan fingerprint density at radius 3 is 1.84 bits per heavy atom. The van der Waals surface area contributed by atoms with Gasteiger partial charge in [0.2, 0.25) is 0 Å². The van der Waals surface area contributed by atoms with E-state index in [4.69, 9.17) is 0 Å². The van der Waals surface area contributed by atoms with Crippen molar-refractivity contribution in [3.63, 3.8) is 0 Å². The molecular weight excluding hydrogens is 446 g/mol. The molecule has 1 aromatic heterocycles. The zero-order valence-corrected chi connectivity index (χ0v) is 20.6. The van der Waals surface area contributed by atoms with Crippen molar-refractivity contribution in [2.45, 2.75) is 5.41 Å². The van der Waals surface area contributed by atoms with E-state index >= 15 is 0 Å². The van der Waals surface area contributed by atoms with Gasteiger partial charge < -0.3 is 4.57 Å². The van der Waals surface area contributed by atoms with Gasteiger partial charge in [0.05, 0.1) is 5.41 Å². The summed E-state index contributed by atoms with van der Waals surface area (Å²) in [5.41, 5.74) is 10.2. The molecule has 1 nitrogen and oxygen atoms in total. The normalized spacial score (nSPS) is 13.8. The van der Waals surface area contributed by atoms with E-state index in [1.807, 2.05) is 0 Å². The lowest BCUT2D eigenvalue weighted by Gasteiger charge is -2.33. The fourth-order valence-electron chi connectivity index (χ4n) is 6.99. The first-order chi connectivity index (χ1) is 18.3. The molecule has 1 aliphatic rings. The van der Waals surface area contributed by atoms with Gasteiger partial charge in [-0.15, -0.1) is 0 Å². The molecule has 0 N–H and O–H groups in total. The van der Waals surface area contributed by atoms with Gasteiger partial charge in [-0.3, -0.25) is 0 Å². The Morgan fingerprint density at radius 1 is 0.486 bits per heavy atom. The number of nitrogens with zero attached hydrogens (tertiary/aromatic N) is 1. The van der Waals surface area contributed by atoms with Crippen LogP contribution in [0, 0.1) is 0 Å². The molecule has 0 aliphatic heterocycles. The SMILES string of the molecule is Cn1c2ccc3c(c2c2c4ccccc4ccc21)-c1ccccc1C3(c1ccccc1)c1ccccc1. The van der Waals surface area contributed by atoms with E-state index in [2.05, 4.69) is 145 Å². The molecule has 0 unspecified atom stereocenters. The fourth-order valence-corrected chi connectivity index (χ4v) is 6.99. The van der Waals surface area contributed by atoms with Gasteiger partial charge in [-0.05, 0) is 56.3 Å². The molecule has 0 bridgehead atoms. The van der Waals surface area contributed by atoms with Crippen molar-refractivity contribution in [3.8, 4) is 11.1 Å². The smallest absolute Gasteiger partial charge is 0.0713 e. The number of hydrogen-bond donors (Lipinski definition) is 0. The summed E-state index contributed by atoms with van der Waals surface area (Å²) >= 11 is 0. The Balaban J connectivity index is 1.65. The van der Waals surface area contributed by atoms with E-state index in [9.17, 15) is 0 Å². The van der Waals surface area contributed by atoms with Crippen LogP contribution in [0.4, 0.5) is 0 Å². The predicted molar refractivity (Wildman–Crippen MR) is 155 cm³/mol. The Labute approximate surface area is 216 Å². The molecule has 1 heteroatoms. The zero-order chi connectivity index (χ0) is 24.6. The van der Waals surface area contributed by atoms with Crippen molar-refractivity contribution in [2.75, 3.05) is 0 Å². The summed E-state index contributed by atoms with van der Waals surface area (Å²) in [7, 11) is 2.20. The topological polar surface area (TPSA) is 4.93 Å². The van der Waals surface area contributed by atoms with E-state index in [-0.39, 0.29) is 5.41 Å². The highest BCUT2D eigenvalue weighted by atomic mass is 14.9. The van der Waals surface area contributed by atoms with Crippen LogP contribution in [-0.2, 0) is 12.5 Å². The fraction of sp³-hybridized carbons (Fsp3) is 0.0556. The lowest BCUT2D eigenvalue weighted by atomic mass is 9.67. The van der Waals surface area contributed by atoms with Gasteiger partial charge in [0.25, 0.3) is 0 Å². The molecule has 0 spiro atoms. The summed E-state index contributed by atoms with van der Waals surface area (Å²) in [6, 6.07) is 49.2. The molecule has 8 rings (SSSR count). The quantitative estimate of drug-likeness (QED) is 0.237. The Hall–Kier alpha value is -4.62. The molecule has 1 aliphatic carbocycles. The van der Waals surface area contributed by atoms with Gasteiger partial charge in [0, 0.05) is 28.9 Å². The maximum absolute atomic E-state index is 2.39. The Morgan fingerprint density at radius 2 is 1.08 bits per heavy atom. The molecule has 0 atom stereocenters. The maximum atomic E-state index is 2.39. The highest BCUT2D eigenvalue weighted by Gasteiger charge is 2.46. The van der Waals surface area contributed by atoms with Crippen molar-refractivity contribution in [1.29, 1.82) is 0 Å². The van der Waals surface area contributed by atoms with Gasteiger partial charge in [0.15, 0.2) is 0 Å². The summed E-state index contributed by atoms with van der Waals surface area (Å²) in [5.74, 6) is 0. The number of benzene rings is 6. The largest absolute Gasteiger partial charge is 0.344 e. The summed E-state index contributed by atoms with van der Waals surface area (Å²) < 4.78 is 2.37. The summed E-state index contributed by atoms with van der Waals surface area (Å²) in [5, 5.41) is 5.30. The van der Waals surface area contributed by atoms with E-state index in [1.165, 1.54) is 66.0 Å². The monoisotopic (exact) mass is 471 g/mol. The highest BCUT2D eigenvalue weighted by molar-refractivity contribution is 6.25. The number of aryl methyl sites for hydroxylation is 1. The third-order valence-electron chi connectivity index (χ3n) is 8.48. The van der Waals surface area contributed by atoms with Crippen molar-refractivity contribution in [1.82, 2.24) is 4.57 Å². The first-order valence-corrected chi connectivity index (χ1v) is 12.9. The Bertz CT molecular complexity index is 1940. The van der Waals surface area contributed by atoms with Gasteiger partial charge in [-0.2, -0.15) is 0 Å². The molecule has 174 valence electrons. The second kappa shape index (κ2) is 7.44.